The number of rotatable bonds is 7. The number of benzene rings is 8. The van der Waals surface area contributed by atoms with Gasteiger partial charge in [0.2, 0.25) is 0 Å². The van der Waals surface area contributed by atoms with Crippen molar-refractivity contribution in [1.29, 1.82) is 0 Å². The van der Waals surface area contributed by atoms with E-state index in [0.29, 0.717) is 11.5 Å². The summed E-state index contributed by atoms with van der Waals surface area (Å²) in [6.45, 7) is 6.75. The summed E-state index contributed by atoms with van der Waals surface area (Å²) in [7, 11) is 0. The summed E-state index contributed by atoms with van der Waals surface area (Å²) in [5.41, 5.74) is 11.5. The van der Waals surface area contributed by atoms with Crippen LogP contribution in [0.15, 0.2) is 201 Å². The van der Waals surface area contributed by atoms with Crippen LogP contribution in [0, 0.1) is 18.5 Å². The van der Waals surface area contributed by atoms with Crippen LogP contribution >= 0.6 is 0 Å². The third kappa shape index (κ3) is 6.52. The summed E-state index contributed by atoms with van der Waals surface area (Å²) in [6, 6.07) is 71.2. The number of aromatic nitrogens is 6. The molecule has 13 aromatic rings. The van der Waals surface area contributed by atoms with Crippen LogP contribution in [-0.4, -0.2) is 23.3 Å². The molecule has 0 aliphatic heterocycles. The number of para-hydroxylation sites is 5. The Hall–Kier alpha value is -7.99. The summed E-state index contributed by atoms with van der Waals surface area (Å²) < 4.78 is 17.9. The quantitative estimate of drug-likeness (QED) is 0.118. The van der Waals surface area contributed by atoms with E-state index in [9.17, 15) is 0 Å². The molecule has 0 N–H and O–H groups in total. The molecule has 5 aromatic heterocycles. The first kappa shape index (κ1) is 41.4. The number of pyridine rings is 1. The normalized spacial score (nSPS) is 11.9. The molecule has 8 heteroatoms. The van der Waals surface area contributed by atoms with E-state index in [1.54, 1.807) is 0 Å². The maximum atomic E-state index is 6.76. The van der Waals surface area contributed by atoms with E-state index >= 15 is 0 Å². The molecular formula is C60H42N6OPt-2. The molecule has 0 saturated heterocycles. The van der Waals surface area contributed by atoms with Crippen molar-refractivity contribution in [2.24, 2.45) is 0 Å². The molecule has 0 aliphatic carbocycles. The molecule has 0 saturated carbocycles. The van der Waals surface area contributed by atoms with E-state index in [0.717, 1.165) is 94.0 Å². The van der Waals surface area contributed by atoms with Crippen molar-refractivity contribution < 1.29 is 30.4 Å². The van der Waals surface area contributed by atoms with Gasteiger partial charge in [-0.05, 0) is 82.7 Å². The van der Waals surface area contributed by atoms with E-state index in [1.165, 1.54) is 5.56 Å². The van der Waals surface area contributed by atoms with Crippen LogP contribution in [0.5, 0.6) is 11.5 Å². The van der Waals surface area contributed by atoms with Crippen molar-refractivity contribution >= 4 is 65.4 Å². The van der Waals surface area contributed by atoms with Crippen LogP contribution < -0.4 is 9.30 Å². The van der Waals surface area contributed by atoms with Gasteiger partial charge in [0.25, 0.3) is 6.33 Å². The van der Waals surface area contributed by atoms with Crippen LogP contribution in [-0.2, 0) is 26.5 Å². The van der Waals surface area contributed by atoms with E-state index in [4.69, 9.17) is 9.72 Å². The third-order valence-corrected chi connectivity index (χ3v) is 13.0. The molecular weight excluding hydrogens is 1020 g/mol. The average Bonchev–Trinajstić information content (AvgIpc) is 4.15. The summed E-state index contributed by atoms with van der Waals surface area (Å²) in [5.74, 6) is 1.95. The number of hydrogen-bond donors (Lipinski definition) is 0. The fourth-order valence-corrected chi connectivity index (χ4v) is 10.0. The maximum Gasteiger partial charge on any atom is 0.267 e. The zero-order chi connectivity index (χ0) is 44.8. The Kier molecular flexibility index (Phi) is 9.82. The van der Waals surface area contributed by atoms with Crippen LogP contribution in [0.4, 0.5) is 0 Å². The molecule has 0 atom stereocenters. The zero-order valence-corrected chi connectivity index (χ0v) is 39.7. The molecule has 0 bridgehead atoms. The Morgan fingerprint density at radius 1 is 0.515 bits per heavy atom. The Balaban J connectivity index is 0.00000480. The molecule has 5 heterocycles. The zero-order valence-electron chi connectivity index (χ0n) is 37.5. The molecule has 13 rings (SSSR count). The van der Waals surface area contributed by atoms with Gasteiger partial charge in [-0.3, -0.25) is 4.57 Å². The summed E-state index contributed by atoms with van der Waals surface area (Å²) >= 11 is 0. The van der Waals surface area contributed by atoms with Crippen molar-refractivity contribution in [3.8, 4) is 40.1 Å². The molecule has 330 valence electrons. The Labute approximate surface area is 407 Å². The molecule has 0 radical (unpaired) electrons. The average molecular weight is 1060 g/mol. The first-order valence-corrected chi connectivity index (χ1v) is 22.6. The van der Waals surface area contributed by atoms with Gasteiger partial charge in [-0.25, -0.2) is 4.98 Å². The summed E-state index contributed by atoms with van der Waals surface area (Å²) in [6.07, 6.45) is 9.33. The van der Waals surface area contributed by atoms with Crippen molar-refractivity contribution in [3.05, 3.63) is 225 Å². The second-order valence-electron chi connectivity index (χ2n) is 18.1. The van der Waals surface area contributed by atoms with Gasteiger partial charge in [0.1, 0.15) is 5.82 Å². The summed E-state index contributed by atoms with van der Waals surface area (Å²) in [5, 5.41) is 6.79. The van der Waals surface area contributed by atoms with E-state index in [2.05, 4.69) is 192 Å². The van der Waals surface area contributed by atoms with Gasteiger partial charge in [-0.2, -0.15) is 18.2 Å². The molecule has 0 amide bonds. The minimum atomic E-state index is -0.123. The number of ether oxygens (including phenoxy) is 1. The number of imidazole rings is 1. The number of hydrogen-bond acceptors (Lipinski definition) is 2. The van der Waals surface area contributed by atoms with Gasteiger partial charge in [-0.1, -0.05) is 117 Å². The van der Waals surface area contributed by atoms with Crippen LogP contribution in [0.25, 0.3) is 94.0 Å². The van der Waals surface area contributed by atoms with Gasteiger partial charge in [-0.15, -0.1) is 29.7 Å². The molecule has 68 heavy (non-hydrogen) atoms. The predicted octanol–water partition coefficient (Wildman–Crippen LogP) is 13.9. The predicted molar refractivity (Wildman–Crippen MR) is 270 cm³/mol. The SMILES string of the molecule is CC(C)(C)c1ccnc(-n2c3[c-]c(Oc4[c-]c(-[n+]5[c-]n(-c6ccccc6)cc5)ccc4)ccc3c3c4c5ccccc5n(-c5ccccc5)c4c4c(c5ccccc5n4-c4ccccc4)c32)c1.[Pt]. The number of nitrogens with zero attached hydrogens (tertiary/aromatic N) is 6. The minimum absolute atomic E-state index is 0. The van der Waals surface area contributed by atoms with Crippen LogP contribution in [0.3, 0.4) is 0 Å². The van der Waals surface area contributed by atoms with Gasteiger partial charge < -0.3 is 23.0 Å². The topological polar surface area (TPSA) is 45.7 Å². The second-order valence-corrected chi connectivity index (χ2v) is 18.1. The number of fused-ring (bicyclic) bond motifs is 12. The fourth-order valence-electron chi connectivity index (χ4n) is 10.0. The standard InChI is InChI=1S/C60H42N6O.Pt/c1-60(2,3)40-32-33-61-53(36-40)66-52-38-46(67-45-25-17-24-44(37-45)63-35-34-62(39-63)41-18-7-4-8-19-41)30-31-49(52)54-55-47-26-13-15-28-50(47)64(42-20-9-5-10-21-42)58(55)59-56(57(54)66)48-27-14-16-29-51(48)65(59)43-22-11-6-12-23-43;/h4-36H,1-3H3;/q-2;. The van der Waals surface area contributed by atoms with E-state index in [-0.39, 0.29) is 26.5 Å². The maximum absolute atomic E-state index is 6.76. The molecule has 7 nitrogen and oxygen atoms in total. The van der Waals surface area contributed by atoms with Crippen LogP contribution in [0.1, 0.15) is 26.3 Å². The van der Waals surface area contributed by atoms with Gasteiger partial charge in [0.15, 0.2) is 0 Å². The van der Waals surface area contributed by atoms with Gasteiger partial charge >= 0.3 is 0 Å². The van der Waals surface area contributed by atoms with Gasteiger partial charge in [0.05, 0.1) is 33.3 Å². The van der Waals surface area contributed by atoms with Crippen LogP contribution in [0.2, 0.25) is 0 Å². The molecule has 0 spiro atoms. The Morgan fingerprint density at radius 2 is 1.09 bits per heavy atom. The first-order chi connectivity index (χ1) is 32.9. The van der Waals surface area contributed by atoms with Gasteiger partial charge in [0, 0.05) is 84.1 Å². The molecule has 0 unspecified atom stereocenters. The van der Waals surface area contributed by atoms with Crippen molar-refractivity contribution in [2.45, 2.75) is 26.2 Å². The van der Waals surface area contributed by atoms with E-state index in [1.807, 2.05) is 70.2 Å². The largest absolute Gasteiger partial charge is 0.510 e. The van der Waals surface area contributed by atoms with Crippen molar-refractivity contribution in [2.75, 3.05) is 0 Å². The third-order valence-electron chi connectivity index (χ3n) is 13.0. The second kappa shape index (κ2) is 16.1. The summed E-state index contributed by atoms with van der Waals surface area (Å²) in [4.78, 5) is 5.20. The fraction of sp³-hybridized carbons (Fsp3) is 0.0667. The molecule has 0 aliphatic rings. The first-order valence-electron chi connectivity index (χ1n) is 22.6. The van der Waals surface area contributed by atoms with Crippen molar-refractivity contribution in [1.82, 2.24) is 23.3 Å². The minimum Gasteiger partial charge on any atom is -0.510 e. The van der Waals surface area contributed by atoms with E-state index < -0.39 is 0 Å². The molecule has 8 aromatic carbocycles. The molecule has 0 fully saturated rings. The monoisotopic (exact) mass is 1060 g/mol. The Bertz CT molecular complexity index is 4050. The smallest absolute Gasteiger partial charge is 0.267 e. The Morgan fingerprint density at radius 3 is 1.75 bits per heavy atom. The van der Waals surface area contributed by atoms with Crippen molar-refractivity contribution in [3.63, 3.8) is 0 Å².